The fourth-order valence-electron chi connectivity index (χ4n) is 2.77. The van der Waals surface area contributed by atoms with Gasteiger partial charge in [0.2, 0.25) is 0 Å². The zero-order valence-corrected chi connectivity index (χ0v) is 15.2. The number of benzene rings is 1. The fourth-order valence-corrected chi connectivity index (χ4v) is 2.77. The van der Waals surface area contributed by atoms with Gasteiger partial charge in [-0.15, -0.1) is 0 Å². The molecular formula is C18H28N2O4. The van der Waals surface area contributed by atoms with E-state index in [0.717, 1.165) is 5.56 Å². The topological polar surface area (TPSA) is 60.0 Å². The third-order valence-corrected chi connectivity index (χ3v) is 4.37. The highest BCUT2D eigenvalue weighted by atomic mass is 16.5. The van der Waals surface area contributed by atoms with Gasteiger partial charge in [0.15, 0.2) is 11.5 Å². The molecule has 0 spiro atoms. The van der Waals surface area contributed by atoms with E-state index < -0.39 is 0 Å². The van der Waals surface area contributed by atoms with Crippen molar-refractivity contribution in [3.8, 4) is 11.5 Å². The van der Waals surface area contributed by atoms with E-state index in [0.29, 0.717) is 37.7 Å². The number of amides is 2. The predicted octanol–water partition coefficient (Wildman–Crippen LogP) is 2.41. The van der Waals surface area contributed by atoms with Crippen molar-refractivity contribution in [2.45, 2.75) is 32.3 Å². The number of ether oxygens (including phenoxy) is 3. The Morgan fingerprint density at radius 3 is 2.67 bits per heavy atom. The molecule has 2 amide bonds. The van der Waals surface area contributed by atoms with Crippen LogP contribution in [0.1, 0.15) is 26.3 Å². The first-order valence-electron chi connectivity index (χ1n) is 8.24. The van der Waals surface area contributed by atoms with Gasteiger partial charge in [0, 0.05) is 25.0 Å². The molecule has 1 fully saturated rings. The minimum absolute atomic E-state index is 0.0429. The van der Waals surface area contributed by atoms with Crippen LogP contribution in [-0.4, -0.2) is 57.5 Å². The van der Waals surface area contributed by atoms with Gasteiger partial charge >= 0.3 is 6.03 Å². The summed E-state index contributed by atoms with van der Waals surface area (Å²) in [5.41, 5.74) is 0.850. The third kappa shape index (κ3) is 4.32. The van der Waals surface area contributed by atoms with E-state index >= 15 is 0 Å². The number of hydrogen-bond acceptors (Lipinski definition) is 4. The van der Waals surface area contributed by atoms with Crippen LogP contribution in [-0.2, 0) is 10.2 Å². The molecule has 134 valence electrons. The number of carbonyl (C=O) groups excluding carboxylic acids is 1. The Kier molecular flexibility index (Phi) is 5.94. The zero-order chi connectivity index (χ0) is 17.7. The number of rotatable bonds is 5. The minimum atomic E-state index is -0.229. The average molecular weight is 336 g/mol. The molecule has 0 radical (unpaired) electrons. The Hall–Kier alpha value is -1.95. The van der Waals surface area contributed by atoms with Crippen LogP contribution >= 0.6 is 0 Å². The molecule has 1 heterocycles. The standard InChI is InChI=1S/C18H28N2O4/c1-13-11-20(8-9-24-13)17(21)19-12-18(2,3)14-6-7-15(22-4)16(10-14)23-5/h6-7,10,13H,8-9,11-12H2,1-5H3,(H,19,21)/t13-/m1/s1. The normalized spacial score (nSPS) is 18.2. The van der Waals surface area contributed by atoms with Crippen LogP contribution < -0.4 is 14.8 Å². The molecule has 1 atom stereocenters. The summed E-state index contributed by atoms with van der Waals surface area (Å²) < 4.78 is 16.1. The molecular weight excluding hydrogens is 308 g/mol. The van der Waals surface area contributed by atoms with E-state index in [1.807, 2.05) is 25.1 Å². The van der Waals surface area contributed by atoms with Crippen LogP contribution in [0.15, 0.2) is 18.2 Å². The van der Waals surface area contributed by atoms with Gasteiger partial charge in [0.05, 0.1) is 26.9 Å². The first-order valence-corrected chi connectivity index (χ1v) is 8.24. The molecule has 1 saturated heterocycles. The highest BCUT2D eigenvalue weighted by Crippen LogP contribution is 2.32. The number of morpholine rings is 1. The number of hydrogen-bond donors (Lipinski definition) is 1. The summed E-state index contributed by atoms with van der Waals surface area (Å²) in [7, 11) is 3.24. The number of nitrogens with zero attached hydrogens (tertiary/aromatic N) is 1. The van der Waals surface area contributed by atoms with Crippen molar-refractivity contribution in [1.29, 1.82) is 0 Å². The van der Waals surface area contributed by atoms with Crippen molar-refractivity contribution >= 4 is 6.03 Å². The summed E-state index contributed by atoms with van der Waals surface area (Å²) in [5, 5.41) is 3.04. The molecule has 1 aromatic rings. The van der Waals surface area contributed by atoms with E-state index in [4.69, 9.17) is 14.2 Å². The van der Waals surface area contributed by atoms with Crippen LogP contribution in [0.2, 0.25) is 0 Å². The minimum Gasteiger partial charge on any atom is -0.493 e. The van der Waals surface area contributed by atoms with Crippen molar-refractivity contribution < 1.29 is 19.0 Å². The average Bonchev–Trinajstić information content (AvgIpc) is 2.59. The molecule has 6 heteroatoms. The summed E-state index contributed by atoms with van der Waals surface area (Å²) in [6, 6.07) is 5.81. The molecule has 0 aliphatic carbocycles. The smallest absolute Gasteiger partial charge is 0.317 e. The molecule has 6 nitrogen and oxygen atoms in total. The van der Waals surface area contributed by atoms with Crippen molar-refractivity contribution in [3.63, 3.8) is 0 Å². The Balaban J connectivity index is 2.01. The van der Waals surface area contributed by atoms with Crippen molar-refractivity contribution in [2.24, 2.45) is 0 Å². The maximum absolute atomic E-state index is 12.4. The lowest BCUT2D eigenvalue weighted by molar-refractivity contribution is -0.00359. The van der Waals surface area contributed by atoms with Crippen LogP contribution in [0.4, 0.5) is 4.79 Å². The van der Waals surface area contributed by atoms with Crippen LogP contribution in [0.3, 0.4) is 0 Å². The number of nitrogens with one attached hydrogen (secondary N) is 1. The van der Waals surface area contributed by atoms with Crippen LogP contribution in [0.25, 0.3) is 0 Å². The Morgan fingerprint density at radius 1 is 1.33 bits per heavy atom. The lowest BCUT2D eigenvalue weighted by atomic mass is 9.84. The van der Waals surface area contributed by atoms with E-state index in [-0.39, 0.29) is 17.6 Å². The Bertz CT molecular complexity index is 574. The summed E-state index contributed by atoms with van der Waals surface area (Å²) in [6.45, 7) is 8.55. The second-order valence-corrected chi connectivity index (χ2v) is 6.74. The number of methoxy groups -OCH3 is 2. The van der Waals surface area contributed by atoms with Crippen molar-refractivity contribution in [3.05, 3.63) is 23.8 Å². The van der Waals surface area contributed by atoms with Gasteiger partial charge in [0.1, 0.15) is 0 Å². The van der Waals surface area contributed by atoms with Gasteiger partial charge in [-0.1, -0.05) is 19.9 Å². The molecule has 1 aliphatic rings. The first kappa shape index (κ1) is 18.4. The molecule has 0 unspecified atom stereocenters. The summed E-state index contributed by atoms with van der Waals surface area (Å²) in [5.74, 6) is 1.39. The van der Waals surface area contributed by atoms with Gasteiger partial charge in [0.25, 0.3) is 0 Å². The summed E-state index contributed by atoms with van der Waals surface area (Å²) in [4.78, 5) is 14.2. The molecule has 1 aliphatic heterocycles. The SMILES string of the molecule is COc1ccc(C(C)(C)CNC(=O)N2CCO[C@H](C)C2)cc1OC. The maximum atomic E-state index is 12.4. The van der Waals surface area contributed by atoms with E-state index in [9.17, 15) is 4.79 Å². The molecule has 0 bridgehead atoms. The second-order valence-electron chi connectivity index (χ2n) is 6.74. The second kappa shape index (κ2) is 7.75. The van der Waals surface area contributed by atoms with Gasteiger partial charge in [-0.2, -0.15) is 0 Å². The van der Waals surface area contributed by atoms with Gasteiger partial charge < -0.3 is 24.4 Å². The third-order valence-electron chi connectivity index (χ3n) is 4.37. The number of carbonyl (C=O) groups is 1. The lowest BCUT2D eigenvalue weighted by Gasteiger charge is -2.33. The molecule has 1 N–H and O–H groups in total. The van der Waals surface area contributed by atoms with Crippen molar-refractivity contribution in [1.82, 2.24) is 10.2 Å². The molecule has 24 heavy (non-hydrogen) atoms. The van der Waals surface area contributed by atoms with Crippen LogP contribution in [0.5, 0.6) is 11.5 Å². The van der Waals surface area contributed by atoms with Gasteiger partial charge in [-0.3, -0.25) is 0 Å². The quantitative estimate of drug-likeness (QED) is 0.897. The van der Waals surface area contributed by atoms with Crippen molar-refractivity contribution in [2.75, 3.05) is 40.5 Å². The highest BCUT2D eigenvalue weighted by Gasteiger charge is 2.26. The van der Waals surface area contributed by atoms with E-state index in [1.165, 1.54) is 0 Å². The predicted molar refractivity (Wildman–Crippen MR) is 93.0 cm³/mol. The van der Waals surface area contributed by atoms with E-state index in [2.05, 4.69) is 19.2 Å². The van der Waals surface area contributed by atoms with Gasteiger partial charge in [-0.05, 0) is 24.6 Å². The van der Waals surface area contributed by atoms with Gasteiger partial charge in [-0.25, -0.2) is 4.79 Å². The Morgan fingerprint density at radius 2 is 2.04 bits per heavy atom. The fraction of sp³-hybridized carbons (Fsp3) is 0.611. The maximum Gasteiger partial charge on any atom is 0.317 e. The Labute approximate surface area is 144 Å². The largest absolute Gasteiger partial charge is 0.493 e. The zero-order valence-electron chi connectivity index (χ0n) is 15.2. The molecule has 2 rings (SSSR count). The van der Waals surface area contributed by atoms with E-state index in [1.54, 1.807) is 19.1 Å². The highest BCUT2D eigenvalue weighted by molar-refractivity contribution is 5.74. The molecule has 1 aromatic carbocycles. The molecule has 0 aromatic heterocycles. The number of urea groups is 1. The summed E-state index contributed by atoms with van der Waals surface area (Å²) in [6.07, 6.45) is 0.0864. The first-order chi connectivity index (χ1) is 11.4. The lowest BCUT2D eigenvalue weighted by Crippen LogP contribution is -2.50. The summed E-state index contributed by atoms with van der Waals surface area (Å²) >= 11 is 0. The molecule has 0 saturated carbocycles. The monoisotopic (exact) mass is 336 g/mol. The van der Waals surface area contributed by atoms with Crippen LogP contribution in [0, 0.1) is 0 Å².